The summed E-state index contributed by atoms with van der Waals surface area (Å²) in [5.74, 6) is 2.35. The van der Waals surface area contributed by atoms with Crippen molar-refractivity contribution in [3.05, 3.63) is 41.7 Å². The summed E-state index contributed by atoms with van der Waals surface area (Å²) in [5.41, 5.74) is 2.51. The maximum Gasteiger partial charge on any atom is 0.231 e. The summed E-state index contributed by atoms with van der Waals surface area (Å²) >= 11 is 0. The number of benzene rings is 1. The van der Waals surface area contributed by atoms with E-state index < -0.39 is 0 Å². The van der Waals surface area contributed by atoms with Gasteiger partial charge in [-0.15, -0.1) is 0 Å². The van der Waals surface area contributed by atoms with E-state index >= 15 is 0 Å². The molecule has 6 nitrogen and oxygen atoms in total. The summed E-state index contributed by atoms with van der Waals surface area (Å²) in [6, 6.07) is 8.73. The molecule has 1 aromatic heterocycles. The third-order valence-electron chi connectivity index (χ3n) is 5.63. The third kappa shape index (κ3) is 3.31. The van der Waals surface area contributed by atoms with Crippen LogP contribution in [-0.4, -0.2) is 53.6 Å². The van der Waals surface area contributed by atoms with Crippen LogP contribution < -0.4 is 9.47 Å². The van der Waals surface area contributed by atoms with Gasteiger partial charge in [0.25, 0.3) is 0 Å². The van der Waals surface area contributed by atoms with E-state index in [9.17, 15) is 0 Å². The molecular formula is C20H28N4O2. The SMILES string of the molecule is CN(Cc1cccc2c1OCO2)C[C@@H]1CCCN(C)[C@H]1c1ccnn1C. The van der Waals surface area contributed by atoms with Gasteiger partial charge in [-0.05, 0) is 51.5 Å². The largest absolute Gasteiger partial charge is 0.454 e. The fourth-order valence-corrected chi connectivity index (χ4v) is 4.46. The van der Waals surface area contributed by atoms with E-state index in [1.165, 1.54) is 24.1 Å². The number of aromatic nitrogens is 2. The molecule has 2 aliphatic rings. The number of nitrogens with zero attached hydrogens (tertiary/aromatic N) is 4. The smallest absolute Gasteiger partial charge is 0.231 e. The van der Waals surface area contributed by atoms with Crippen LogP contribution in [0.1, 0.15) is 30.1 Å². The van der Waals surface area contributed by atoms with Crippen molar-refractivity contribution in [3.63, 3.8) is 0 Å². The molecule has 0 amide bonds. The van der Waals surface area contributed by atoms with Crippen LogP contribution in [0, 0.1) is 5.92 Å². The third-order valence-corrected chi connectivity index (χ3v) is 5.63. The zero-order valence-electron chi connectivity index (χ0n) is 15.9. The van der Waals surface area contributed by atoms with E-state index in [0.717, 1.165) is 31.1 Å². The van der Waals surface area contributed by atoms with Crippen LogP contribution in [0.5, 0.6) is 11.5 Å². The van der Waals surface area contributed by atoms with Crippen molar-refractivity contribution in [1.29, 1.82) is 0 Å². The number of rotatable bonds is 5. The van der Waals surface area contributed by atoms with Crippen LogP contribution >= 0.6 is 0 Å². The lowest BCUT2D eigenvalue weighted by Crippen LogP contribution is -2.41. The van der Waals surface area contributed by atoms with E-state index in [0.29, 0.717) is 18.8 Å². The van der Waals surface area contributed by atoms with Crippen molar-refractivity contribution in [2.75, 3.05) is 34.0 Å². The van der Waals surface area contributed by atoms with Gasteiger partial charge in [-0.2, -0.15) is 5.10 Å². The lowest BCUT2D eigenvalue weighted by Gasteiger charge is -2.40. The van der Waals surface area contributed by atoms with Crippen LogP contribution in [0.3, 0.4) is 0 Å². The van der Waals surface area contributed by atoms with Gasteiger partial charge >= 0.3 is 0 Å². The number of fused-ring (bicyclic) bond motifs is 1. The number of likely N-dealkylation sites (tertiary alicyclic amines) is 1. The molecule has 0 saturated carbocycles. The molecule has 1 fully saturated rings. The van der Waals surface area contributed by atoms with E-state index in [1.54, 1.807) is 0 Å². The topological polar surface area (TPSA) is 42.8 Å². The number of aryl methyl sites for hydroxylation is 1. The van der Waals surface area contributed by atoms with E-state index in [4.69, 9.17) is 9.47 Å². The molecule has 6 heteroatoms. The minimum atomic E-state index is 0.325. The summed E-state index contributed by atoms with van der Waals surface area (Å²) < 4.78 is 13.2. The predicted molar refractivity (Wildman–Crippen MR) is 100 cm³/mol. The van der Waals surface area contributed by atoms with Gasteiger partial charge in [0, 0.05) is 31.9 Å². The van der Waals surface area contributed by atoms with Gasteiger partial charge in [-0.25, -0.2) is 0 Å². The van der Waals surface area contributed by atoms with Crippen LogP contribution in [0.2, 0.25) is 0 Å². The average Bonchev–Trinajstić information content (AvgIpc) is 3.25. The summed E-state index contributed by atoms with van der Waals surface area (Å²) in [6.07, 6.45) is 4.40. The second kappa shape index (κ2) is 7.29. The minimum absolute atomic E-state index is 0.325. The summed E-state index contributed by atoms with van der Waals surface area (Å²) in [6.45, 7) is 3.38. The van der Waals surface area contributed by atoms with Crippen molar-refractivity contribution in [1.82, 2.24) is 19.6 Å². The van der Waals surface area contributed by atoms with Crippen molar-refractivity contribution in [3.8, 4) is 11.5 Å². The molecule has 2 aromatic rings. The lowest BCUT2D eigenvalue weighted by molar-refractivity contribution is 0.0870. The standard InChI is InChI=1S/C20H28N4O2/c1-22(13-16-6-4-8-18-20(16)26-14-25-18)12-15-7-5-11-23(2)19(15)17-9-10-21-24(17)3/h4,6,8-10,15,19H,5,7,11-14H2,1-3H3/t15-,19+/m0/s1. The Bertz CT molecular complexity index is 760. The Morgan fingerprint density at radius 3 is 2.92 bits per heavy atom. The summed E-state index contributed by atoms with van der Waals surface area (Å²) in [5, 5.41) is 4.39. The van der Waals surface area contributed by atoms with Gasteiger partial charge < -0.3 is 14.4 Å². The first-order chi connectivity index (χ1) is 12.6. The van der Waals surface area contributed by atoms with E-state index in [-0.39, 0.29) is 0 Å². The van der Waals surface area contributed by atoms with Crippen molar-refractivity contribution < 1.29 is 9.47 Å². The Labute approximate surface area is 155 Å². The molecule has 2 atom stereocenters. The van der Waals surface area contributed by atoms with Gasteiger partial charge in [0.1, 0.15) is 0 Å². The van der Waals surface area contributed by atoms with Gasteiger partial charge in [0.05, 0.1) is 11.7 Å². The molecule has 26 heavy (non-hydrogen) atoms. The van der Waals surface area contributed by atoms with Crippen molar-refractivity contribution in [2.45, 2.75) is 25.4 Å². The summed E-state index contributed by atoms with van der Waals surface area (Å²) in [7, 11) is 6.48. The average molecular weight is 356 g/mol. The fourth-order valence-electron chi connectivity index (χ4n) is 4.46. The minimum Gasteiger partial charge on any atom is -0.454 e. The predicted octanol–water partition coefficient (Wildman–Crippen LogP) is 2.66. The highest BCUT2D eigenvalue weighted by Crippen LogP contribution is 2.37. The zero-order valence-corrected chi connectivity index (χ0v) is 15.9. The molecule has 1 aromatic carbocycles. The molecule has 0 aliphatic carbocycles. The second-order valence-electron chi connectivity index (χ2n) is 7.56. The molecule has 0 unspecified atom stereocenters. The Morgan fingerprint density at radius 2 is 2.12 bits per heavy atom. The number of para-hydroxylation sites is 1. The molecular weight excluding hydrogens is 328 g/mol. The monoisotopic (exact) mass is 356 g/mol. The van der Waals surface area contributed by atoms with Crippen molar-refractivity contribution in [2.24, 2.45) is 13.0 Å². The van der Waals surface area contributed by atoms with Gasteiger partial charge in [0.15, 0.2) is 11.5 Å². The van der Waals surface area contributed by atoms with Gasteiger partial charge in [0.2, 0.25) is 6.79 Å². The molecule has 0 radical (unpaired) electrons. The molecule has 0 bridgehead atoms. The highest BCUT2D eigenvalue weighted by molar-refractivity contribution is 5.48. The molecule has 3 heterocycles. The first kappa shape index (κ1) is 17.4. The molecule has 0 N–H and O–H groups in total. The van der Waals surface area contributed by atoms with Crippen molar-refractivity contribution >= 4 is 0 Å². The maximum absolute atomic E-state index is 5.66. The first-order valence-electron chi connectivity index (χ1n) is 9.37. The number of hydrogen-bond acceptors (Lipinski definition) is 5. The number of hydrogen-bond donors (Lipinski definition) is 0. The first-order valence-corrected chi connectivity index (χ1v) is 9.37. The maximum atomic E-state index is 5.66. The number of ether oxygens (including phenoxy) is 2. The molecule has 140 valence electrons. The summed E-state index contributed by atoms with van der Waals surface area (Å²) in [4.78, 5) is 4.89. The Kier molecular flexibility index (Phi) is 4.87. The normalized spacial score (nSPS) is 22.9. The van der Waals surface area contributed by atoms with Crippen LogP contribution in [-0.2, 0) is 13.6 Å². The molecule has 0 spiro atoms. The van der Waals surface area contributed by atoms with E-state index in [2.05, 4.69) is 41.1 Å². The van der Waals surface area contributed by atoms with Crippen LogP contribution in [0.15, 0.2) is 30.5 Å². The number of piperidine rings is 1. The molecule has 1 saturated heterocycles. The highest BCUT2D eigenvalue weighted by atomic mass is 16.7. The van der Waals surface area contributed by atoms with Crippen LogP contribution in [0.25, 0.3) is 0 Å². The fraction of sp³-hybridized carbons (Fsp3) is 0.550. The Balaban J connectivity index is 1.48. The highest BCUT2D eigenvalue weighted by Gasteiger charge is 2.33. The van der Waals surface area contributed by atoms with Gasteiger partial charge in [-0.3, -0.25) is 9.58 Å². The van der Waals surface area contributed by atoms with E-state index in [1.807, 2.05) is 30.1 Å². The van der Waals surface area contributed by atoms with Gasteiger partial charge in [-0.1, -0.05) is 12.1 Å². The quantitative estimate of drug-likeness (QED) is 0.824. The molecule has 2 aliphatic heterocycles. The van der Waals surface area contributed by atoms with Crippen LogP contribution in [0.4, 0.5) is 0 Å². The Morgan fingerprint density at radius 1 is 1.23 bits per heavy atom. The zero-order chi connectivity index (χ0) is 18.1. The second-order valence-corrected chi connectivity index (χ2v) is 7.56. The lowest BCUT2D eigenvalue weighted by atomic mass is 9.87. The molecule has 4 rings (SSSR count). The Hall–Kier alpha value is -2.05.